The van der Waals surface area contributed by atoms with Gasteiger partial charge < -0.3 is 35.3 Å². The van der Waals surface area contributed by atoms with Crippen molar-refractivity contribution in [2.24, 2.45) is 5.16 Å². The predicted octanol–water partition coefficient (Wildman–Crippen LogP) is -4.98. The fourth-order valence-corrected chi connectivity index (χ4v) is 3.33. The summed E-state index contributed by atoms with van der Waals surface area (Å²) in [5, 5.41) is 14.7. The van der Waals surface area contributed by atoms with Crippen LogP contribution >= 0.6 is 0 Å². The van der Waals surface area contributed by atoms with Crippen molar-refractivity contribution in [2.45, 2.75) is 44.8 Å². The van der Waals surface area contributed by atoms with Crippen molar-refractivity contribution in [1.82, 2.24) is 5.32 Å². The first-order chi connectivity index (χ1) is 13.1. The lowest BCUT2D eigenvalue weighted by molar-refractivity contribution is -0.702. The molecule has 0 saturated heterocycles. The lowest BCUT2D eigenvalue weighted by Crippen LogP contribution is -3.00. The highest BCUT2D eigenvalue weighted by molar-refractivity contribution is 5.93. The first kappa shape index (κ1) is 24.5. The number of ketones is 1. The van der Waals surface area contributed by atoms with E-state index >= 15 is 0 Å². The van der Waals surface area contributed by atoms with Crippen molar-refractivity contribution < 1.29 is 48.7 Å². The van der Waals surface area contributed by atoms with Gasteiger partial charge in [-0.15, -0.1) is 0 Å². The molecule has 1 aliphatic rings. The third kappa shape index (κ3) is 7.44. The molecule has 2 aromatic rings. The molecule has 2 heterocycles. The molecule has 2 aromatic heterocycles. The molecule has 0 aromatic carbocycles. The normalized spacial score (nSPS) is 13.5. The number of carbonyl (C=O) groups excluding carboxylic acids is 2. The number of hydrogen-bond acceptors (Lipinski definition) is 4. The fraction of sp³-hybridized carbons (Fsp3) is 0.350. The number of nitrogens with one attached hydrogen (secondary N) is 1. The summed E-state index contributed by atoms with van der Waals surface area (Å²) in [6, 6.07) is 7.37. The fourth-order valence-electron chi connectivity index (χ4n) is 3.33. The van der Waals surface area contributed by atoms with Gasteiger partial charge in [-0.3, -0.25) is 9.59 Å². The second-order valence-corrected chi connectivity index (χ2v) is 6.81. The van der Waals surface area contributed by atoms with Gasteiger partial charge in [0, 0.05) is 18.2 Å². The third-order valence-electron chi connectivity index (χ3n) is 4.62. The summed E-state index contributed by atoms with van der Waals surface area (Å²) < 4.78 is 3.46. The van der Waals surface area contributed by atoms with Gasteiger partial charge in [0.25, 0.3) is 11.7 Å². The van der Waals surface area contributed by atoms with Gasteiger partial charge in [-0.25, -0.2) is 0 Å². The molecule has 1 amide bonds. The Bertz CT molecular complexity index is 855. The van der Waals surface area contributed by atoms with Gasteiger partial charge in [-0.05, 0) is 25.0 Å². The Hall–Kier alpha value is -2.51. The molecule has 0 atom stereocenters. The van der Waals surface area contributed by atoms with Crippen molar-refractivity contribution in [3.63, 3.8) is 0 Å². The lowest BCUT2D eigenvalue weighted by atomic mass is 10.2. The Kier molecular flexibility index (Phi) is 10.3. The molecular weight excluding hydrogens is 415 g/mol. The topological polar surface area (TPSA) is 86.5 Å². The van der Waals surface area contributed by atoms with E-state index in [1.165, 1.54) is 6.21 Å². The summed E-state index contributed by atoms with van der Waals surface area (Å²) in [7, 11) is 0. The van der Waals surface area contributed by atoms with E-state index in [1.807, 2.05) is 0 Å². The first-order valence-electron chi connectivity index (χ1n) is 9.12. The van der Waals surface area contributed by atoms with E-state index in [-0.39, 0.29) is 55.6 Å². The number of carbonyl (C=O) groups is 2. The van der Waals surface area contributed by atoms with Gasteiger partial charge in [-0.2, -0.15) is 9.13 Å². The molecule has 9 heteroatoms. The zero-order valence-electron chi connectivity index (χ0n) is 15.9. The van der Waals surface area contributed by atoms with Gasteiger partial charge in [0.05, 0.1) is 11.8 Å². The zero-order chi connectivity index (χ0) is 19.1. The van der Waals surface area contributed by atoms with Crippen LogP contribution < -0.4 is 39.3 Å². The van der Waals surface area contributed by atoms with E-state index in [9.17, 15) is 9.59 Å². The van der Waals surface area contributed by atoms with E-state index in [2.05, 4.69) is 10.5 Å². The van der Waals surface area contributed by atoms with E-state index in [0.717, 1.165) is 25.7 Å². The van der Waals surface area contributed by atoms with Gasteiger partial charge in [-0.1, -0.05) is 18.0 Å². The molecule has 2 N–H and O–H groups in total. The molecular formula is C20H24Cl2N4O3. The van der Waals surface area contributed by atoms with Crippen molar-refractivity contribution in [2.75, 3.05) is 0 Å². The Morgan fingerprint density at radius 2 is 1.69 bits per heavy atom. The molecule has 7 nitrogen and oxygen atoms in total. The number of oxime groups is 1. The first-order valence-corrected chi connectivity index (χ1v) is 9.12. The molecule has 0 aliphatic heterocycles. The van der Waals surface area contributed by atoms with Crippen LogP contribution in [0.15, 0.2) is 54.2 Å². The molecule has 0 spiro atoms. The molecule has 3 rings (SSSR count). The van der Waals surface area contributed by atoms with Crippen LogP contribution in [0.2, 0.25) is 0 Å². The quantitative estimate of drug-likeness (QED) is 0.196. The number of nitrogens with zero attached hydrogens (tertiary/aromatic N) is 3. The number of halogens is 2. The lowest BCUT2D eigenvalue weighted by Gasteiger charge is -2.10. The van der Waals surface area contributed by atoms with Gasteiger partial charge >= 0.3 is 0 Å². The molecule has 0 radical (unpaired) electrons. The molecule has 156 valence electrons. The van der Waals surface area contributed by atoms with Gasteiger partial charge in [0.15, 0.2) is 24.8 Å². The Labute approximate surface area is 182 Å². The average molecular weight is 439 g/mol. The monoisotopic (exact) mass is 438 g/mol. The molecule has 0 bridgehead atoms. The molecule has 29 heavy (non-hydrogen) atoms. The van der Waals surface area contributed by atoms with Gasteiger partial charge in [0.2, 0.25) is 13.1 Å². The molecule has 1 saturated carbocycles. The summed E-state index contributed by atoms with van der Waals surface area (Å²) in [5.74, 6) is -0.0921. The van der Waals surface area contributed by atoms with Crippen LogP contribution in [0, 0.1) is 0 Å². The van der Waals surface area contributed by atoms with Crippen molar-refractivity contribution in [3.8, 4) is 0 Å². The Morgan fingerprint density at radius 1 is 1.07 bits per heavy atom. The maximum absolute atomic E-state index is 12.4. The van der Waals surface area contributed by atoms with Crippen LogP contribution in [0.5, 0.6) is 0 Å². The van der Waals surface area contributed by atoms with E-state index < -0.39 is 0 Å². The second-order valence-electron chi connectivity index (χ2n) is 6.81. The van der Waals surface area contributed by atoms with Crippen molar-refractivity contribution in [3.05, 3.63) is 60.2 Å². The Morgan fingerprint density at radius 3 is 2.34 bits per heavy atom. The molecule has 1 aliphatic carbocycles. The summed E-state index contributed by atoms with van der Waals surface area (Å²) in [5.41, 5.74) is 1.26. The highest BCUT2D eigenvalue weighted by atomic mass is 35.5. The van der Waals surface area contributed by atoms with Crippen LogP contribution in [-0.2, 0) is 17.9 Å². The summed E-state index contributed by atoms with van der Waals surface area (Å²) >= 11 is 0. The number of rotatable bonds is 7. The smallest absolute Gasteiger partial charge is 0.261 e. The number of aromatic nitrogens is 2. The second kappa shape index (κ2) is 12.1. The number of pyridine rings is 2. The Balaban J connectivity index is 0.00000210. The average Bonchev–Trinajstić information content (AvgIpc) is 3.15. The van der Waals surface area contributed by atoms with Crippen LogP contribution in [0.25, 0.3) is 0 Å². The highest BCUT2D eigenvalue weighted by Crippen LogP contribution is 2.17. The standard InChI is InChI=1S/C20H22N4O3.2ClH/c25-19(14-23-9-3-5-16(12-23)11-21-27)15-24-10-4-6-17(13-24)20(26)22-18-7-1-2-8-18;;/h3-6,9-13,18H,1-2,7-8,14-15H2;2*1H/b21-11+;;. The SMILES string of the molecule is O=C(C[n+]1cccc(/C=N/O)c1)C[n+]1cccc(C(=O)NC2CCCC2)c1.[Cl-].[Cl-]. The minimum Gasteiger partial charge on any atom is -1.00 e. The largest absolute Gasteiger partial charge is 1.00 e. The van der Waals surface area contributed by atoms with Gasteiger partial charge in [0.1, 0.15) is 5.56 Å². The number of amides is 1. The van der Waals surface area contributed by atoms with Crippen LogP contribution in [0.1, 0.15) is 41.6 Å². The van der Waals surface area contributed by atoms with Crippen LogP contribution in [-0.4, -0.2) is 29.2 Å². The minimum absolute atomic E-state index is 0. The molecule has 0 unspecified atom stereocenters. The maximum Gasteiger partial charge on any atom is 0.261 e. The minimum atomic E-state index is -0.0888. The zero-order valence-corrected chi connectivity index (χ0v) is 17.4. The van der Waals surface area contributed by atoms with Crippen molar-refractivity contribution >= 4 is 17.9 Å². The number of Topliss-reactive ketones (excluding diaryl/α,β-unsaturated/α-hetero) is 1. The maximum atomic E-state index is 12.4. The van der Waals surface area contributed by atoms with E-state index in [4.69, 9.17) is 5.21 Å². The van der Waals surface area contributed by atoms with Crippen molar-refractivity contribution in [1.29, 1.82) is 0 Å². The predicted molar refractivity (Wildman–Crippen MR) is 97.4 cm³/mol. The van der Waals surface area contributed by atoms with E-state index in [0.29, 0.717) is 11.1 Å². The van der Waals surface area contributed by atoms with Crippen LogP contribution in [0.4, 0.5) is 0 Å². The number of hydrogen-bond donors (Lipinski definition) is 2. The third-order valence-corrected chi connectivity index (χ3v) is 4.62. The van der Waals surface area contributed by atoms with Crippen LogP contribution in [0.3, 0.4) is 0 Å². The summed E-state index contributed by atoms with van der Waals surface area (Å²) in [4.78, 5) is 24.8. The van der Waals surface area contributed by atoms with E-state index in [1.54, 1.807) is 58.2 Å². The molecule has 1 fully saturated rings. The summed E-state index contributed by atoms with van der Waals surface area (Å²) in [6.07, 6.45) is 12.7. The highest BCUT2D eigenvalue weighted by Gasteiger charge is 2.20. The summed E-state index contributed by atoms with van der Waals surface area (Å²) in [6.45, 7) is 0.370.